The van der Waals surface area contributed by atoms with Gasteiger partial charge >= 0.3 is 0 Å². The molecule has 0 aliphatic heterocycles. The Morgan fingerprint density at radius 2 is 2.18 bits per heavy atom. The van der Waals surface area contributed by atoms with Gasteiger partial charge in [-0.1, -0.05) is 36.2 Å². The molecule has 2 rings (SSSR count). The predicted octanol–water partition coefficient (Wildman–Crippen LogP) is 3.12. The van der Waals surface area contributed by atoms with Crippen molar-refractivity contribution in [3.05, 3.63) is 34.9 Å². The average molecular weight is 253 g/mol. The first kappa shape index (κ1) is 12.9. The highest BCUT2D eigenvalue weighted by molar-refractivity contribution is 6.31. The van der Waals surface area contributed by atoms with Crippen LogP contribution >= 0.6 is 11.6 Å². The zero-order valence-electron chi connectivity index (χ0n) is 10.3. The third kappa shape index (κ3) is 3.01. The van der Waals surface area contributed by atoms with Crippen LogP contribution in [0.5, 0.6) is 0 Å². The quantitative estimate of drug-likeness (QED) is 0.864. The zero-order chi connectivity index (χ0) is 12.3. The maximum Gasteiger partial charge on any atom is 0.0453 e. The number of nitrogens with two attached hydrogens (primary N) is 1. The lowest BCUT2D eigenvalue weighted by Crippen LogP contribution is -2.37. The summed E-state index contributed by atoms with van der Waals surface area (Å²) in [7, 11) is 0. The molecule has 2 nitrogen and oxygen atoms in total. The third-order valence-electron chi connectivity index (χ3n) is 3.80. The van der Waals surface area contributed by atoms with Gasteiger partial charge in [0.25, 0.3) is 0 Å². The van der Waals surface area contributed by atoms with Crippen LogP contribution in [0.2, 0.25) is 5.02 Å². The fourth-order valence-corrected chi connectivity index (χ4v) is 3.07. The van der Waals surface area contributed by atoms with Crippen LogP contribution in [0.25, 0.3) is 0 Å². The highest BCUT2D eigenvalue weighted by atomic mass is 35.5. The minimum absolute atomic E-state index is 0.292. The van der Waals surface area contributed by atoms with Crippen molar-refractivity contribution in [2.75, 3.05) is 6.54 Å². The Morgan fingerprint density at radius 3 is 2.88 bits per heavy atom. The van der Waals surface area contributed by atoms with E-state index in [-0.39, 0.29) is 0 Å². The first-order valence-electron chi connectivity index (χ1n) is 6.43. The molecule has 3 N–H and O–H groups in total. The molecule has 0 aromatic heterocycles. The van der Waals surface area contributed by atoms with Gasteiger partial charge in [0.2, 0.25) is 0 Å². The van der Waals surface area contributed by atoms with E-state index in [1.165, 1.54) is 24.8 Å². The van der Waals surface area contributed by atoms with Crippen LogP contribution in [0, 0.1) is 5.92 Å². The summed E-state index contributed by atoms with van der Waals surface area (Å²) < 4.78 is 0. The van der Waals surface area contributed by atoms with Crippen molar-refractivity contribution in [3.8, 4) is 0 Å². The first-order chi connectivity index (χ1) is 8.22. The molecule has 1 aromatic carbocycles. The predicted molar refractivity (Wildman–Crippen MR) is 73.2 cm³/mol. The highest BCUT2D eigenvalue weighted by Gasteiger charge is 2.27. The summed E-state index contributed by atoms with van der Waals surface area (Å²) in [6.07, 6.45) is 3.77. The molecule has 0 radical (unpaired) electrons. The van der Waals surface area contributed by atoms with E-state index in [0.29, 0.717) is 18.0 Å². The lowest BCUT2D eigenvalue weighted by atomic mass is 10.0. The molecule has 1 aliphatic rings. The van der Waals surface area contributed by atoms with Gasteiger partial charge in [0.1, 0.15) is 0 Å². The van der Waals surface area contributed by atoms with Crippen LogP contribution < -0.4 is 11.1 Å². The Balaban J connectivity index is 2.01. The van der Waals surface area contributed by atoms with Crippen molar-refractivity contribution >= 4 is 11.6 Å². The van der Waals surface area contributed by atoms with Gasteiger partial charge in [-0.15, -0.1) is 0 Å². The van der Waals surface area contributed by atoms with Crippen LogP contribution in [0.15, 0.2) is 24.3 Å². The maximum absolute atomic E-state index is 6.21. The Bertz CT molecular complexity index is 367. The lowest BCUT2D eigenvalue weighted by molar-refractivity contribution is 0.374. The van der Waals surface area contributed by atoms with Gasteiger partial charge in [0.05, 0.1) is 0 Å². The van der Waals surface area contributed by atoms with Crippen molar-refractivity contribution in [3.63, 3.8) is 0 Å². The molecule has 1 aliphatic carbocycles. The number of hydrogen-bond acceptors (Lipinski definition) is 2. The fraction of sp³-hybridized carbons (Fsp3) is 0.571. The Kier molecular flexibility index (Phi) is 4.43. The second-order valence-corrected chi connectivity index (χ2v) is 5.35. The molecule has 0 heterocycles. The molecule has 94 valence electrons. The summed E-state index contributed by atoms with van der Waals surface area (Å²) >= 11 is 6.21. The smallest absolute Gasteiger partial charge is 0.0453 e. The van der Waals surface area contributed by atoms with Gasteiger partial charge in [0.15, 0.2) is 0 Å². The number of nitrogens with one attached hydrogen (secondary N) is 1. The molecule has 0 amide bonds. The van der Waals surface area contributed by atoms with Crippen molar-refractivity contribution in [1.82, 2.24) is 5.32 Å². The molecule has 2 unspecified atom stereocenters. The molecule has 1 aromatic rings. The fourth-order valence-electron chi connectivity index (χ4n) is 2.78. The molecular weight excluding hydrogens is 232 g/mol. The molecule has 3 heteroatoms. The van der Waals surface area contributed by atoms with E-state index in [1.54, 1.807) is 0 Å². The van der Waals surface area contributed by atoms with Gasteiger partial charge in [-0.2, -0.15) is 0 Å². The highest BCUT2D eigenvalue weighted by Crippen LogP contribution is 2.29. The summed E-state index contributed by atoms with van der Waals surface area (Å²) in [4.78, 5) is 0. The van der Waals surface area contributed by atoms with Crippen molar-refractivity contribution < 1.29 is 0 Å². The van der Waals surface area contributed by atoms with E-state index < -0.39 is 0 Å². The monoisotopic (exact) mass is 252 g/mol. The van der Waals surface area contributed by atoms with Crippen LogP contribution in [0.4, 0.5) is 0 Å². The van der Waals surface area contributed by atoms with Gasteiger partial charge < -0.3 is 11.1 Å². The van der Waals surface area contributed by atoms with E-state index >= 15 is 0 Å². The van der Waals surface area contributed by atoms with E-state index in [1.807, 2.05) is 18.2 Å². The Hall–Kier alpha value is -0.570. The van der Waals surface area contributed by atoms with Crippen molar-refractivity contribution in [1.29, 1.82) is 0 Å². The van der Waals surface area contributed by atoms with Gasteiger partial charge in [-0.05, 0) is 43.9 Å². The summed E-state index contributed by atoms with van der Waals surface area (Å²) in [6.45, 7) is 2.96. The number of rotatable bonds is 4. The first-order valence-corrected chi connectivity index (χ1v) is 6.80. The SMILES string of the molecule is C[C@@H](NC1CCCC1CN)c1ccccc1Cl. The number of halogens is 1. The Labute approximate surface area is 109 Å². The molecule has 1 saturated carbocycles. The second-order valence-electron chi connectivity index (χ2n) is 4.94. The number of hydrogen-bond donors (Lipinski definition) is 2. The van der Waals surface area contributed by atoms with E-state index in [0.717, 1.165) is 11.6 Å². The van der Waals surface area contributed by atoms with Crippen LogP contribution in [0.1, 0.15) is 37.8 Å². The summed E-state index contributed by atoms with van der Waals surface area (Å²) in [5.74, 6) is 0.625. The largest absolute Gasteiger partial charge is 0.330 e. The summed E-state index contributed by atoms with van der Waals surface area (Å²) in [5.41, 5.74) is 6.98. The van der Waals surface area contributed by atoms with E-state index in [4.69, 9.17) is 17.3 Å². The maximum atomic E-state index is 6.21. The Morgan fingerprint density at radius 1 is 1.41 bits per heavy atom. The summed E-state index contributed by atoms with van der Waals surface area (Å²) in [5, 5.41) is 4.51. The third-order valence-corrected chi connectivity index (χ3v) is 4.14. The minimum atomic E-state index is 0.292. The number of benzene rings is 1. The molecule has 1 fully saturated rings. The van der Waals surface area contributed by atoms with Crippen molar-refractivity contribution in [2.45, 2.75) is 38.3 Å². The van der Waals surface area contributed by atoms with Crippen molar-refractivity contribution in [2.24, 2.45) is 11.7 Å². The van der Waals surface area contributed by atoms with Crippen LogP contribution in [-0.2, 0) is 0 Å². The average Bonchev–Trinajstić information content (AvgIpc) is 2.76. The second kappa shape index (κ2) is 5.85. The van der Waals surface area contributed by atoms with E-state index in [9.17, 15) is 0 Å². The van der Waals surface area contributed by atoms with Crippen LogP contribution in [-0.4, -0.2) is 12.6 Å². The molecule has 0 saturated heterocycles. The summed E-state index contributed by atoms with van der Waals surface area (Å²) in [6, 6.07) is 8.88. The van der Waals surface area contributed by atoms with Gasteiger partial charge in [0, 0.05) is 17.1 Å². The molecular formula is C14H21ClN2. The molecule has 3 atom stereocenters. The lowest BCUT2D eigenvalue weighted by Gasteiger charge is -2.25. The van der Waals surface area contributed by atoms with E-state index in [2.05, 4.69) is 18.3 Å². The molecule has 0 spiro atoms. The zero-order valence-corrected chi connectivity index (χ0v) is 11.1. The molecule has 0 bridgehead atoms. The normalized spacial score (nSPS) is 26.1. The standard InChI is InChI=1S/C14H21ClN2/c1-10(12-6-2-3-7-13(12)15)17-14-8-4-5-11(14)9-16/h2-3,6-7,10-11,14,17H,4-5,8-9,16H2,1H3/t10-,11?,14?/m1/s1. The van der Waals surface area contributed by atoms with Crippen LogP contribution in [0.3, 0.4) is 0 Å². The molecule has 17 heavy (non-hydrogen) atoms. The minimum Gasteiger partial charge on any atom is -0.330 e. The van der Waals surface area contributed by atoms with Gasteiger partial charge in [-0.25, -0.2) is 0 Å². The van der Waals surface area contributed by atoms with Gasteiger partial charge in [-0.3, -0.25) is 0 Å². The topological polar surface area (TPSA) is 38.0 Å².